The van der Waals surface area contributed by atoms with Crippen LogP contribution in [0, 0.1) is 6.92 Å². The molecule has 1 aromatic carbocycles. The Hall–Kier alpha value is -1.10. The fourth-order valence-corrected chi connectivity index (χ4v) is 1.94. The van der Waals surface area contributed by atoms with Gasteiger partial charge in [-0.3, -0.25) is 0 Å². The van der Waals surface area contributed by atoms with Crippen molar-refractivity contribution in [1.29, 1.82) is 0 Å². The van der Waals surface area contributed by atoms with E-state index in [1.54, 1.807) is 14.2 Å². The number of hydrogen-bond acceptors (Lipinski definition) is 4. The van der Waals surface area contributed by atoms with Crippen LogP contribution in [0.1, 0.15) is 19.4 Å². The van der Waals surface area contributed by atoms with Gasteiger partial charge in [0.05, 0.1) is 6.04 Å². The van der Waals surface area contributed by atoms with Crippen LogP contribution in [0.15, 0.2) is 24.3 Å². The average molecular weight is 267 g/mol. The van der Waals surface area contributed by atoms with Crippen LogP contribution in [0.3, 0.4) is 0 Å². The molecule has 19 heavy (non-hydrogen) atoms. The molecule has 2 atom stereocenters. The maximum atomic E-state index is 5.73. The normalized spacial score (nSPS) is 14.4. The lowest BCUT2D eigenvalue weighted by atomic mass is 10.2. The Morgan fingerprint density at radius 3 is 2.16 bits per heavy atom. The van der Waals surface area contributed by atoms with Gasteiger partial charge in [0, 0.05) is 20.3 Å². The molecule has 2 unspecified atom stereocenters. The fraction of sp³-hybridized carbons (Fsp3) is 0.600. The maximum Gasteiger partial charge on any atom is 0.171 e. The van der Waals surface area contributed by atoms with Crippen molar-refractivity contribution in [2.24, 2.45) is 0 Å². The van der Waals surface area contributed by atoms with Crippen molar-refractivity contribution in [3.8, 4) is 5.75 Å². The first-order chi connectivity index (χ1) is 9.06. The first-order valence-electron chi connectivity index (χ1n) is 6.58. The first kappa shape index (κ1) is 16.0. The summed E-state index contributed by atoms with van der Waals surface area (Å²) in [4.78, 5) is 0. The van der Waals surface area contributed by atoms with Crippen LogP contribution in [-0.4, -0.2) is 39.2 Å². The SMILES string of the molecule is COC(OC)C(C)NC(C)COc1ccc(C)cc1. The van der Waals surface area contributed by atoms with E-state index in [1.807, 2.05) is 31.2 Å². The molecule has 4 heteroatoms. The van der Waals surface area contributed by atoms with Crippen LogP contribution in [0.4, 0.5) is 0 Å². The number of aryl methyl sites for hydroxylation is 1. The lowest BCUT2D eigenvalue weighted by Crippen LogP contribution is -2.46. The van der Waals surface area contributed by atoms with Crippen LogP contribution in [0.2, 0.25) is 0 Å². The van der Waals surface area contributed by atoms with Gasteiger partial charge >= 0.3 is 0 Å². The Bertz CT molecular complexity index is 349. The summed E-state index contributed by atoms with van der Waals surface area (Å²) in [5, 5.41) is 3.39. The number of benzene rings is 1. The summed E-state index contributed by atoms with van der Waals surface area (Å²) >= 11 is 0. The van der Waals surface area contributed by atoms with Gasteiger partial charge in [0.2, 0.25) is 0 Å². The smallest absolute Gasteiger partial charge is 0.171 e. The minimum absolute atomic E-state index is 0.103. The summed E-state index contributed by atoms with van der Waals surface area (Å²) in [5.41, 5.74) is 1.23. The topological polar surface area (TPSA) is 39.7 Å². The van der Waals surface area contributed by atoms with E-state index in [0.29, 0.717) is 6.61 Å². The standard InChI is InChI=1S/C15H25NO3/c1-11-6-8-14(9-7-11)19-10-12(2)16-13(3)15(17-4)18-5/h6-9,12-13,15-16H,10H2,1-5H3. The molecular weight excluding hydrogens is 242 g/mol. The highest BCUT2D eigenvalue weighted by atomic mass is 16.7. The zero-order chi connectivity index (χ0) is 14.3. The molecule has 1 N–H and O–H groups in total. The van der Waals surface area contributed by atoms with Gasteiger partial charge in [-0.1, -0.05) is 17.7 Å². The van der Waals surface area contributed by atoms with E-state index in [9.17, 15) is 0 Å². The molecule has 0 spiro atoms. The van der Waals surface area contributed by atoms with Crippen molar-refractivity contribution < 1.29 is 14.2 Å². The average Bonchev–Trinajstić information content (AvgIpc) is 2.39. The molecule has 0 amide bonds. The van der Waals surface area contributed by atoms with Gasteiger partial charge in [0.15, 0.2) is 6.29 Å². The van der Waals surface area contributed by atoms with Gasteiger partial charge in [0.1, 0.15) is 12.4 Å². The monoisotopic (exact) mass is 267 g/mol. The third kappa shape index (κ3) is 5.59. The summed E-state index contributed by atoms with van der Waals surface area (Å²) in [6.07, 6.45) is -0.248. The van der Waals surface area contributed by atoms with Gasteiger partial charge in [-0.05, 0) is 32.9 Å². The van der Waals surface area contributed by atoms with Crippen molar-refractivity contribution in [2.75, 3.05) is 20.8 Å². The molecule has 1 aromatic rings. The molecule has 4 nitrogen and oxygen atoms in total. The molecule has 0 heterocycles. The third-order valence-electron chi connectivity index (χ3n) is 2.94. The highest BCUT2D eigenvalue weighted by Crippen LogP contribution is 2.11. The molecular formula is C15H25NO3. The third-order valence-corrected chi connectivity index (χ3v) is 2.94. The quantitative estimate of drug-likeness (QED) is 0.734. The van der Waals surface area contributed by atoms with Crippen molar-refractivity contribution in [3.05, 3.63) is 29.8 Å². The van der Waals surface area contributed by atoms with Crippen molar-refractivity contribution in [2.45, 2.75) is 39.1 Å². The molecule has 0 aliphatic heterocycles. The summed E-state index contributed by atoms with van der Waals surface area (Å²) in [6, 6.07) is 8.37. The number of nitrogens with one attached hydrogen (secondary N) is 1. The predicted octanol–water partition coefficient (Wildman–Crippen LogP) is 2.36. The Labute approximate surface area is 116 Å². The van der Waals surface area contributed by atoms with E-state index in [4.69, 9.17) is 14.2 Å². The van der Waals surface area contributed by atoms with Crippen molar-refractivity contribution in [3.63, 3.8) is 0 Å². The predicted molar refractivity (Wildman–Crippen MR) is 76.5 cm³/mol. The first-order valence-corrected chi connectivity index (χ1v) is 6.58. The van der Waals surface area contributed by atoms with Gasteiger partial charge in [-0.25, -0.2) is 0 Å². The Morgan fingerprint density at radius 1 is 1.05 bits per heavy atom. The number of ether oxygens (including phenoxy) is 3. The zero-order valence-electron chi connectivity index (χ0n) is 12.5. The van der Waals surface area contributed by atoms with Crippen LogP contribution >= 0.6 is 0 Å². The molecule has 0 fully saturated rings. The van der Waals surface area contributed by atoms with Gasteiger partial charge in [-0.2, -0.15) is 0 Å². The largest absolute Gasteiger partial charge is 0.492 e. The molecule has 0 aliphatic rings. The van der Waals surface area contributed by atoms with E-state index in [2.05, 4.69) is 19.2 Å². The van der Waals surface area contributed by atoms with Crippen molar-refractivity contribution in [1.82, 2.24) is 5.32 Å². The van der Waals surface area contributed by atoms with Crippen LogP contribution < -0.4 is 10.1 Å². The molecule has 108 valence electrons. The number of rotatable bonds is 8. The molecule has 1 rings (SSSR count). The second kappa shape index (κ2) is 8.15. The zero-order valence-corrected chi connectivity index (χ0v) is 12.5. The molecule has 0 saturated heterocycles. The molecule has 0 bridgehead atoms. The summed E-state index contributed by atoms with van der Waals surface area (Å²) < 4.78 is 16.2. The Kier molecular flexibility index (Phi) is 6.84. The summed E-state index contributed by atoms with van der Waals surface area (Å²) in [7, 11) is 3.28. The van der Waals surface area contributed by atoms with Crippen LogP contribution in [0.5, 0.6) is 5.75 Å². The van der Waals surface area contributed by atoms with E-state index in [-0.39, 0.29) is 18.4 Å². The highest BCUT2D eigenvalue weighted by Gasteiger charge is 2.17. The number of methoxy groups -OCH3 is 2. The summed E-state index contributed by atoms with van der Waals surface area (Å²) in [6.45, 7) is 6.77. The van der Waals surface area contributed by atoms with E-state index >= 15 is 0 Å². The molecule has 0 radical (unpaired) electrons. The van der Waals surface area contributed by atoms with E-state index in [0.717, 1.165) is 5.75 Å². The second-order valence-corrected chi connectivity index (χ2v) is 4.82. The van der Waals surface area contributed by atoms with Crippen LogP contribution in [0.25, 0.3) is 0 Å². The minimum Gasteiger partial charge on any atom is -0.492 e. The van der Waals surface area contributed by atoms with Crippen molar-refractivity contribution >= 4 is 0 Å². The molecule has 0 aromatic heterocycles. The summed E-state index contributed by atoms with van der Waals surface area (Å²) in [5.74, 6) is 0.891. The Morgan fingerprint density at radius 2 is 1.63 bits per heavy atom. The molecule has 0 saturated carbocycles. The van der Waals surface area contributed by atoms with Gasteiger partial charge < -0.3 is 19.5 Å². The Balaban J connectivity index is 2.34. The van der Waals surface area contributed by atoms with Gasteiger partial charge in [-0.15, -0.1) is 0 Å². The number of hydrogen-bond donors (Lipinski definition) is 1. The minimum atomic E-state index is -0.248. The van der Waals surface area contributed by atoms with Crippen LogP contribution in [-0.2, 0) is 9.47 Å². The lowest BCUT2D eigenvalue weighted by Gasteiger charge is -2.25. The highest BCUT2D eigenvalue weighted by molar-refractivity contribution is 5.26. The van der Waals surface area contributed by atoms with E-state index in [1.165, 1.54) is 5.56 Å². The second-order valence-electron chi connectivity index (χ2n) is 4.82. The maximum absolute atomic E-state index is 5.73. The van der Waals surface area contributed by atoms with Gasteiger partial charge in [0.25, 0.3) is 0 Å². The lowest BCUT2D eigenvalue weighted by molar-refractivity contribution is -0.121. The molecule has 0 aliphatic carbocycles. The fourth-order valence-electron chi connectivity index (χ4n) is 1.94. The van der Waals surface area contributed by atoms with E-state index < -0.39 is 0 Å².